The van der Waals surface area contributed by atoms with E-state index in [-0.39, 0.29) is 29.6 Å². The van der Waals surface area contributed by atoms with Crippen LogP contribution < -0.4 is 24.8 Å². The molecule has 0 bridgehead atoms. The first kappa shape index (κ1) is 31.4. The van der Waals surface area contributed by atoms with Gasteiger partial charge in [-0.05, 0) is 0 Å². The first-order chi connectivity index (χ1) is 11.0. The van der Waals surface area contributed by atoms with Crippen molar-refractivity contribution in [2.24, 2.45) is 0 Å². The van der Waals surface area contributed by atoms with Crippen molar-refractivity contribution < 1.29 is 48.1 Å². The Morgan fingerprint density at radius 3 is 1.19 bits per heavy atom. The van der Waals surface area contributed by atoms with Gasteiger partial charge in [0, 0.05) is 0 Å². The summed E-state index contributed by atoms with van der Waals surface area (Å²) in [6.45, 7) is 19.5. The van der Waals surface area contributed by atoms with E-state index in [9.17, 15) is 0 Å². The summed E-state index contributed by atoms with van der Waals surface area (Å²) >= 11 is 7.27. The number of hydrogen-bond donors (Lipinski definition) is 0. The van der Waals surface area contributed by atoms with Crippen LogP contribution in [0.15, 0.2) is 12.1 Å². The minimum absolute atomic E-state index is 0. The molecule has 2 aromatic rings. The Kier molecular flexibility index (Phi) is 18.8. The monoisotopic (exact) mass is 508 g/mol. The SMILES string of the molecule is CCC[Si](Cl)=[Zr+2].Cc1c[c-](C)c(C)c1C.Cc1c[c-](C)c(C)c1C.[Cl-].[Cl-]. The summed E-state index contributed by atoms with van der Waals surface area (Å²) < 4.78 is -0.323. The molecule has 0 heterocycles. The minimum atomic E-state index is -0.323. The number of halogens is 3. The summed E-state index contributed by atoms with van der Waals surface area (Å²) in [4.78, 5) is 0. The van der Waals surface area contributed by atoms with Gasteiger partial charge in [-0.1, -0.05) is 55.4 Å². The average Bonchev–Trinajstić information content (AvgIpc) is 2.85. The molecule has 0 amide bonds. The van der Waals surface area contributed by atoms with E-state index >= 15 is 0 Å². The summed E-state index contributed by atoms with van der Waals surface area (Å²) in [6.07, 6.45) is 1.27. The zero-order valence-corrected chi connectivity index (χ0v) is 23.4. The van der Waals surface area contributed by atoms with Crippen molar-refractivity contribution in [1.82, 2.24) is 0 Å². The largest absolute Gasteiger partial charge is 1.00 e. The van der Waals surface area contributed by atoms with Crippen LogP contribution in [0, 0.1) is 55.4 Å². The molecule has 0 unspecified atom stereocenters. The molecule has 26 heavy (non-hydrogen) atoms. The topological polar surface area (TPSA) is 0 Å². The van der Waals surface area contributed by atoms with Crippen LogP contribution in [0.2, 0.25) is 6.04 Å². The molecule has 0 radical (unpaired) electrons. The fourth-order valence-electron chi connectivity index (χ4n) is 2.49. The fraction of sp³-hybridized carbons (Fsp3) is 0.524. The van der Waals surface area contributed by atoms with E-state index in [1.54, 1.807) is 23.3 Å². The molecule has 0 spiro atoms. The Hall–Kier alpha value is 0.670. The maximum Gasteiger partial charge on any atom is -0.0630 e. The van der Waals surface area contributed by atoms with Gasteiger partial charge >= 0.3 is 58.5 Å². The maximum absolute atomic E-state index is 5.72. The van der Waals surface area contributed by atoms with Crippen molar-refractivity contribution in [3.63, 3.8) is 0 Å². The average molecular weight is 511 g/mol. The third-order valence-electron chi connectivity index (χ3n) is 4.83. The smallest absolute Gasteiger partial charge is 0.0630 e. The molecular weight excluding hydrogens is 478 g/mol. The van der Waals surface area contributed by atoms with E-state index in [0.29, 0.717) is 0 Å². The van der Waals surface area contributed by atoms with Crippen LogP contribution in [-0.4, -0.2) is 4.74 Å². The van der Waals surface area contributed by atoms with Gasteiger partial charge in [-0.3, -0.25) is 0 Å². The molecule has 2 rings (SSSR count). The van der Waals surface area contributed by atoms with E-state index in [1.165, 1.54) is 57.0 Å². The summed E-state index contributed by atoms with van der Waals surface area (Å²) in [7, 11) is 0. The number of aryl methyl sites for hydroxylation is 4. The molecule has 0 nitrogen and oxygen atoms in total. The van der Waals surface area contributed by atoms with Crippen LogP contribution in [0.1, 0.15) is 57.9 Å². The Morgan fingerprint density at radius 1 is 0.846 bits per heavy atom. The van der Waals surface area contributed by atoms with Crippen molar-refractivity contribution in [3.05, 3.63) is 56.6 Å². The van der Waals surface area contributed by atoms with Crippen molar-refractivity contribution in [2.75, 3.05) is 0 Å². The quantitative estimate of drug-likeness (QED) is 0.321. The molecule has 0 saturated heterocycles. The molecule has 148 valence electrons. The fourth-order valence-corrected chi connectivity index (χ4v) is 5.33. The normalized spacial score (nSPS) is 9.08. The number of rotatable bonds is 2. The first-order valence-electron chi connectivity index (χ1n) is 8.65. The van der Waals surface area contributed by atoms with Crippen LogP contribution in [0.5, 0.6) is 0 Å². The molecule has 0 aliphatic heterocycles. The van der Waals surface area contributed by atoms with E-state index < -0.39 is 0 Å². The van der Waals surface area contributed by atoms with Gasteiger partial charge in [0.15, 0.2) is 0 Å². The Labute approximate surface area is 194 Å². The van der Waals surface area contributed by atoms with Crippen molar-refractivity contribution in [3.8, 4) is 0 Å². The summed E-state index contributed by atoms with van der Waals surface area (Å²) in [5, 5.41) is 0. The zero-order valence-electron chi connectivity index (χ0n) is 17.7. The van der Waals surface area contributed by atoms with Gasteiger partial charge in [-0.25, -0.2) is 0 Å². The second-order valence-corrected chi connectivity index (χ2v) is 16.1. The van der Waals surface area contributed by atoms with Gasteiger partial charge in [0.05, 0.1) is 0 Å². The van der Waals surface area contributed by atoms with Crippen LogP contribution >= 0.6 is 11.1 Å². The van der Waals surface area contributed by atoms with Gasteiger partial charge in [0.1, 0.15) is 0 Å². The zero-order chi connectivity index (χ0) is 19.0. The van der Waals surface area contributed by atoms with E-state index in [2.05, 4.69) is 74.4 Å². The van der Waals surface area contributed by atoms with Gasteiger partial charge in [-0.15, -0.1) is 0 Å². The van der Waals surface area contributed by atoms with E-state index in [1.807, 2.05) is 0 Å². The predicted octanol–water partition coefficient (Wildman–Crippen LogP) is 0.957. The van der Waals surface area contributed by atoms with Crippen LogP contribution in [-0.2, 0) is 23.3 Å². The van der Waals surface area contributed by atoms with Gasteiger partial charge in [-0.2, -0.15) is 56.6 Å². The van der Waals surface area contributed by atoms with Crippen LogP contribution in [0.4, 0.5) is 0 Å². The molecule has 2 aromatic carbocycles. The van der Waals surface area contributed by atoms with Crippen LogP contribution in [0.25, 0.3) is 0 Å². The molecule has 0 atom stereocenters. The van der Waals surface area contributed by atoms with E-state index in [0.717, 1.165) is 0 Å². The third-order valence-corrected chi connectivity index (χ3v) is 8.18. The third kappa shape index (κ3) is 10.9. The maximum atomic E-state index is 5.72. The van der Waals surface area contributed by atoms with Crippen molar-refractivity contribution in [1.29, 1.82) is 0 Å². The Bertz CT molecular complexity index is 574. The van der Waals surface area contributed by atoms with Gasteiger partial charge < -0.3 is 24.8 Å². The molecule has 0 fully saturated rings. The van der Waals surface area contributed by atoms with E-state index in [4.69, 9.17) is 11.1 Å². The van der Waals surface area contributed by atoms with Gasteiger partial charge in [0.2, 0.25) is 0 Å². The molecule has 0 aliphatic rings. The molecule has 0 aliphatic carbocycles. The number of hydrogen-bond acceptors (Lipinski definition) is 0. The first-order valence-corrected chi connectivity index (χ1v) is 15.1. The Morgan fingerprint density at radius 2 is 1.15 bits per heavy atom. The summed E-state index contributed by atoms with van der Waals surface area (Å²) in [5.74, 6) is 0. The minimum Gasteiger partial charge on any atom is -1.00 e. The van der Waals surface area contributed by atoms with Crippen molar-refractivity contribution >= 4 is 15.8 Å². The summed E-state index contributed by atoms with van der Waals surface area (Å²) in [6, 6.07) is 5.76. The predicted molar refractivity (Wildman–Crippen MR) is 109 cm³/mol. The second kappa shape index (κ2) is 15.6. The molecule has 0 N–H and O–H groups in total. The van der Waals surface area contributed by atoms with Crippen LogP contribution in [0.3, 0.4) is 0 Å². The molecule has 0 saturated carbocycles. The standard InChI is InChI=1S/2C9H13.C3H7ClSi.2ClH.Zr/c2*1-6-5-7(2)9(4)8(6)3;1-2-3-5-4;;;/h2*5H,1-4H3;2-3H2,1H3;2*1H;/q2*-1;;;;+2/p-2. The van der Waals surface area contributed by atoms with Crippen molar-refractivity contribution in [2.45, 2.75) is 74.8 Å². The Balaban J connectivity index is -0.000000301. The second-order valence-electron chi connectivity index (χ2n) is 6.68. The molecule has 0 aromatic heterocycles. The molecule has 5 heteroatoms. The molecular formula is C21H33Cl3SiZr-2. The van der Waals surface area contributed by atoms with Gasteiger partial charge in [0.25, 0.3) is 0 Å². The summed E-state index contributed by atoms with van der Waals surface area (Å²) in [5.41, 5.74) is 11.5.